The van der Waals surface area contributed by atoms with Gasteiger partial charge in [0.25, 0.3) is 5.91 Å². The third kappa shape index (κ3) is 4.21. The fraction of sp³-hybridized carbons (Fsp3) is 0.150. The summed E-state index contributed by atoms with van der Waals surface area (Å²) in [5.74, 6) is -0.261. The maximum Gasteiger partial charge on any atom is 0.251 e. The van der Waals surface area contributed by atoms with Crippen molar-refractivity contribution in [1.82, 2.24) is 5.32 Å². The minimum atomic E-state index is -3.39. The quantitative estimate of drug-likeness (QED) is 0.721. The number of carbonyl (C=O) groups is 1. The van der Waals surface area contributed by atoms with E-state index in [9.17, 15) is 13.2 Å². The first-order chi connectivity index (χ1) is 12.3. The molecule has 2 N–H and O–H groups in total. The summed E-state index contributed by atoms with van der Waals surface area (Å²) >= 11 is 0. The summed E-state index contributed by atoms with van der Waals surface area (Å²) in [6.07, 6.45) is 1.07. The monoisotopic (exact) mass is 368 g/mol. The molecule has 0 saturated carbocycles. The zero-order chi connectivity index (χ0) is 18.7. The highest BCUT2D eigenvalue weighted by Gasteiger charge is 2.14. The van der Waals surface area contributed by atoms with Gasteiger partial charge in [-0.15, -0.1) is 0 Å². The lowest BCUT2D eigenvalue weighted by atomic mass is 9.99. The molecule has 0 aromatic heterocycles. The molecule has 0 fully saturated rings. The number of carbonyl (C=O) groups excluding carboxylic acids is 1. The number of nitrogens with one attached hydrogen (secondary N) is 2. The second-order valence-corrected chi connectivity index (χ2v) is 7.97. The molecule has 0 spiro atoms. The Labute approximate surface area is 153 Å². The first kappa shape index (κ1) is 17.9. The van der Waals surface area contributed by atoms with E-state index in [4.69, 9.17) is 0 Å². The first-order valence-electron chi connectivity index (χ1n) is 8.20. The molecule has 134 valence electrons. The lowest BCUT2D eigenvalue weighted by Gasteiger charge is -2.17. The van der Waals surface area contributed by atoms with Gasteiger partial charge in [-0.3, -0.25) is 9.52 Å². The number of amides is 1. The molecular weight excluding hydrogens is 348 g/mol. The molecule has 0 bridgehead atoms. The summed E-state index contributed by atoms with van der Waals surface area (Å²) in [5, 5.41) is 5.19. The minimum absolute atomic E-state index is 0.194. The number of benzene rings is 3. The van der Waals surface area contributed by atoms with Crippen LogP contribution in [0.2, 0.25) is 0 Å². The Kier molecular flexibility index (Phi) is 4.95. The van der Waals surface area contributed by atoms with Crippen molar-refractivity contribution < 1.29 is 13.2 Å². The number of sulfonamides is 1. The van der Waals surface area contributed by atoms with Gasteiger partial charge in [-0.2, -0.15) is 0 Å². The molecule has 0 saturated heterocycles. The summed E-state index contributed by atoms with van der Waals surface area (Å²) in [6, 6.07) is 20.2. The molecule has 6 heteroatoms. The molecule has 1 amide bonds. The predicted molar refractivity (Wildman–Crippen MR) is 105 cm³/mol. The lowest BCUT2D eigenvalue weighted by molar-refractivity contribution is 0.0940. The molecule has 0 aliphatic carbocycles. The van der Waals surface area contributed by atoms with Crippen LogP contribution in [0.5, 0.6) is 0 Å². The van der Waals surface area contributed by atoms with E-state index in [1.807, 2.05) is 49.4 Å². The summed E-state index contributed by atoms with van der Waals surface area (Å²) in [4.78, 5) is 12.6. The molecule has 3 rings (SSSR count). The maximum absolute atomic E-state index is 12.6. The smallest absolute Gasteiger partial charge is 0.251 e. The van der Waals surface area contributed by atoms with Crippen LogP contribution in [-0.4, -0.2) is 20.6 Å². The zero-order valence-electron chi connectivity index (χ0n) is 14.6. The molecule has 26 heavy (non-hydrogen) atoms. The molecule has 0 aliphatic rings. The Hall–Kier alpha value is -2.86. The van der Waals surface area contributed by atoms with E-state index >= 15 is 0 Å². The number of fused-ring (bicyclic) bond motifs is 1. The topological polar surface area (TPSA) is 75.3 Å². The van der Waals surface area contributed by atoms with Gasteiger partial charge in [0, 0.05) is 11.3 Å². The highest BCUT2D eigenvalue weighted by atomic mass is 32.2. The van der Waals surface area contributed by atoms with E-state index < -0.39 is 10.0 Å². The highest BCUT2D eigenvalue weighted by molar-refractivity contribution is 7.92. The van der Waals surface area contributed by atoms with Crippen molar-refractivity contribution in [2.75, 3.05) is 11.0 Å². The third-order valence-electron chi connectivity index (χ3n) is 4.07. The summed E-state index contributed by atoms with van der Waals surface area (Å²) in [7, 11) is -3.39. The lowest BCUT2D eigenvalue weighted by Crippen LogP contribution is -2.26. The minimum Gasteiger partial charge on any atom is -0.345 e. The Bertz CT molecular complexity index is 1060. The van der Waals surface area contributed by atoms with Crippen molar-refractivity contribution in [3.05, 3.63) is 77.9 Å². The number of hydrogen-bond donors (Lipinski definition) is 2. The Morgan fingerprint density at radius 3 is 2.42 bits per heavy atom. The Morgan fingerprint density at radius 1 is 0.962 bits per heavy atom. The fourth-order valence-electron chi connectivity index (χ4n) is 2.92. The van der Waals surface area contributed by atoms with Gasteiger partial charge in [-0.25, -0.2) is 8.42 Å². The Morgan fingerprint density at radius 2 is 1.65 bits per heavy atom. The van der Waals surface area contributed by atoms with E-state index in [1.54, 1.807) is 18.2 Å². The molecular formula is C20H20N2O3S. The number of hydrogen-bond acceptors (Lipinski definition) is 3. The summed E-state index contributed by atoms with van der Waals surface area (Å²) < 4.78 is 25.1. The van der Waals surface area contributed by atoms with Crippen molar-refractivity contribution in [3.63, 3.8) is 0 Å². The molecule has 3 aromatic carbocycles. The van der Waals surface area contributed by atoms with Gasteiger partial charge in [-0.1, -0.05) is 48.5 Å². The van der Waals surface area contributed by atoms with Crippen LogP contribution in [0.15, 0.2) is 66.7 Å². The largest absolute Gasteiger partial charge is 0.345 e. The molecule has 0 aliphatic heterocycles. The van der Waals surface area contributed by atoms with Gasteiger partial charge >= 0.3 is 0 Å². The normalized spacial score (nSPS) is 12.5. The zero-order valence-corrected chi connectivity index (χ0v) is 15.4. The van der Waals surface area contributed by atoms with Crippen LogP contribution < -0.4 is 10.0 Å². The van der Waals surface area contributed by atoms with E-state index in [2.05, 4.69) is 10.0 Å². The number of anilines is 1. The van der Waals surface area contributed by atoms with Gasteiger partial charge in [0.15, 0.2) is 0 Å². The Balaban J connectivity index is 1.82. The van der Waals surface area contributed by atoms with Crippen LogP contribution in [-0.2, 0) is 10.0 Å². The van der Waals surface area contributed by atoms with Gasteiger partial charge in [0.1, 0.15) is 0 Å². The number of rotatable bonds is 5. The molecule has 3 aromatic rings. The molecule has 0 unspecified atom stereocenters. The fourth-order valence-corrected chi connectivity index (χ4v) is 3.48. The second-order valence-electron chi connectivity index (χ2n) is 6.22. The molecule has 0 radical (unpaired) electrons. The van der Waals surface area contributed by atoms with Crippen molar-refractivity contribution >= 4 is 32.4 Å². The standard InChI is InChI=1S/C20H20N2O3S/c1-14(18-12-6-8-15-7-3-4-11-19(15)18)21-20(23)16-9-5-10-17(13-16)22-26(2,24)25/h3-14,22H,1-2H3,(H,21,23)/t14-/m1/s1. The SMILES string of the molecule is C[C@@H](NC(=O)c1cccc(NS(C)(=O)=O)c1)c1cccc2ccccc12. The van der Waals surface area contributed by atoms with Crippen LogP contribution in [0, 0.1) is 0 Å². The van der Waals surface area contributed by atoms with Crippen LogP contribution in [0.4, 0.5) is 5.69 Å². The van der Waals surface area contributed by atoms with Gasteiger partial charge < -0.3 is 5.32 Å². The average Bonchev–Trinajstić information content (AvgIpc) is 2.60. The first-order valence-corrected chi connectivity index (χ1v) is 10.1. The summed E-state index contributed by atoms with van der Waals surface area (Å²) in [5.41, 5.74) is 1.78. The van der Waals surface area contributed by atoms with Crippen LogP contribution >= 0.6 is 0 Å². The van der Waals surface area contributed by atoms with Crippen LogP contribution in [0.25, 0.3) is 10.8 Å². The van der Waals surface area contributed by atoms with Crippen molar-refractivity contribution in [3.8, 4) is 0 Å². The third-order valence-corrected chi connectivity index (χ3v) is 4.67. The average molecular weight is 368 g/mol. The van der Waals surface area contributed by atoms with Crippen molar-refractivity contribution in [2.24, 2.45) is 0 Å². The molecule has 5 nitrogen and oxygen atoms in total. The van der Waals surface area contributed by atoms with E-state index in [0.717, 1.165) is 22.6 Å². The highest BCUT2D eigenvalue weighted by Crippen LogP contribution is 2.24. The van der Waals surface area contributed by atoms with Crippen LogP contribution in [0.1, 0.15) is 28.9 Å². The predicted octanol–water partition coefficient (Wildman–Crippen LogP) is 3.70. The van der Waals surface area contributed by atoms with Gasteiger partial charge in [-0.05, 0) is 41.5 Å². The van der Waals surface area contributed by atoms with E-state index in [-0.39, 0.29) is 11.9 Å². The van der Waals surface area contributed by atoms with Crippen molar-refractivity contribution in [1.29, 1.82) is 0 Å². The van der Waals surface area contributed by atoms with E-state index in [0.29, 0.717) is 11.3 Å². The maximum atomic E-state index is 12.6. The van der Waals surface area contributed by atoms with Gasteiger partial charge in [0.05, 0.1) is 12.3 Å². The second kappa shape index (κ2) is 7.17. The molecule has 1 atom stereocenters. The summed E-state index contributed by atoms with van der Waals surface area (Å²) in [6.45, 7) is 1.93. The van der Waals surface area contributed by atoms with Crippen molar-refractivity contribution in [2.45, 2.75) is 13.0 Å². The van der Waals surface area contributed by atoms with Crippen LogP contribution in [0.3, 0.4) is 0 Å². The molecule has 0 heterocycles. The van der Waals surface area contributed by atoms with Gasteiger partial charge in [0.2, 0.25) is 10.0 Å². The van der Waals surface area contributed by atoms with E-state index in [1.165, 1.54) is 6.07 Å².